The van der Waals surface area contributed by atoms with Crippen molar-refractivity contribution < 1.29 is 22.3 Å². The Morgan fingerprint density at radius 2 is 2.00 bits per heavy atom. The fraction of sp³-hybridized carbons (Fsp3) is 0.333. The molecule has 0 aromatic heterocycles. The Kier molecular flexibility index (Phi) is 3.76. The SMILES string of the molecule is FCCNc1cccc(OC(F)(F)F)c1. The first-order chi connectivity index (χ1) is 7.01. The van der Waals surface area contributed by atoms with Crippen molar-refractivity contribution in [1.29, 1.82) is 0 Å². The van der Waals surface area contributed by atoms with E-state index in [1.807, 2.05) is 0 Å². The number of alkyl halides is 4. The molecule has 0 aliphatic rings. The molecular formula is C9H9F4NO. The molecule has 1 rings (SSSR count). The lowest BCUT2D eigenvalue weighted by molar-refractivity contribution is -0.274. The first-order valence-corrected chi connectivity index (χ1v) is 4.17. The fourth-order valence-corrected chi connectivity index (χ4v) is 0.995. The van der Waals surface area contributed by atoms with Crippen molar-refractivity contribution in [3.8, 4) is 5.75 Å². The van der Waals surface area contributed by atoms with Crippen LogP contribution in [0.1, 0.15) is 0 Å². The number of rotatable bonds is 4. The zero-order chi connectivity index (χ0) is 11.3. The van der Waals surface area contributed by atoms with E-state index in [0.717, 1.165) is 6.07 Å². The molecule has 0 spiro atoms. The number of ether oxygens (including phenoxy) is 1. The monoisotopic (exact) mass is 223 g/mol. The zero-order valence-electron chi connectivity index (χ0n) is 7.64. The standard InChI is InChI=1S/C9H9F4NO/c10-4-5-14-7-2-1-3-8(6-7)15-9(11,12)13/h1-3,6,14H,4-5H2. The first kappa shape index (κ1) is 11.6. The van der Waals surface area contributed by atoms with E-state index in [9.17, 15) is 17.6 Å². The van der Waals surface area contributed by atoms with Crippen LogP contribution in [0.25, 0.3) is 0 Å². The molecule has 0 aliphatic heterocycles. The molecular weight excluding hydrogens is 214 g/mol. The maximum Gasteiger partial charge on any atom is 0.573 e. The van der Waals surface area contributed by atoms with Crippen molar-refractivity contribution in [1.82, 2.24) is 0 Å². The topological polar surface area (TPSA) is 21.3 Å². The molecule has 1 aromatic rings. The lowest BCUT2D eigenvalue weighted by Crippen LogP contribution is -2.17. The summed E-state index contributed by atoms with van der Waals surface area (Å²) in [6.07, 6.45) is -4.71. The Morgan fingerprint density at radius 1 is 1.27 bits per heavy atom. The predicted molar refractivity (Wildman–Crippen MR) is 47.6 cm³/mol. The smallest absolute Gasteiger partial charge is 0.406 e. The molecule has 2 nitrogen and oxygen atoms in total. The van der Waals surface area contributed by atoms with Gasteiger partial charge in [-0.2, -0.15) is 0 Å². The lowest BCUT2D eigenvalue weighted by atomic mass is 10.3. The fourth-order valence-electron chi connectivity index (χ4n) is 0.995. The summed E-state index contributed by atoms with van der Waals surface area (Å²) in [5.74, 6) is -0.327. The van der Waals surface area contributed by atoms with Gasteiger partial charge in [-0.1, -0.05) is 6.07 Å². The Morgan fingerprint density at radius 3 is 2.60 bits per heavy atom. The van der Waals surface area contributed by atoms with Crippen LogP contribution in [0.2, 0.25) is 0 Å². The number of hydrogen-bond donors (Lipinski definition) is 1. The normalized spacial score (nSPS) is 11.2. The summed E-state index contributed by atoms with van der Waals surface area (Å²) in [7, 11) is 0. The molecule has 0 bridgehead atoms. The van der Waals surface area contributed by atoms with Crippen molar-refractivity contribution in [2.75, 3.05) is 18.5 Å². The van der Waals surface area contributed by atoms with Crippen LogP contribution in [0.15, 0.2) is 24.3 Å². The molecule has 0 aliphatic carbocycles. The van der Waals surface area contributed by atoms with Crippen molar-refractivity contribution >= 4 is 5.69 Å². The van der Waals surface area contributed by atoms with E-state index in [1.165, 1.54) is 18.2 Å². The molecule has 0 saturated carbocycles. The molecule has 1 aromatic carbocycles. The van der Waals surface area contributed by atoms with Gasteiger partial charge in [0.25, 0.3) is 0 Å². The van der Waals surface area contributed by atoms with E-state index in [4.69, 9.17) is 0 Å². The number of halogens is 4. The molecule has 15 heavy (non-hydrogen) atoms. The second-order valence-corrected chi connectivity index (χ2v) is 2.69. The summed E-state index contributed by atoms with van der Waals surface area (Å²) in [5.41, 5.74) is 0.384. The Hall–Kier alpha value is -1.46. The summed E-state index contributed by atoms with van der Waals surface area (Å²) in [6, 6.07) is 5.25. The summed E-state index contributed by atoms with van der Waals surface area (Å²) in [6.45, 7) is -0.542. The van der Waals surface area contributed by atoms with E-state index in [0.29, 0.717) is 5.69 Å². The van der Waals surface area contributed by atoms with Crippen molar-refractivity contribution in [3.63, 3.8) is 0 Å². The minimum Gasteiger partial charge on any atom is -0.406 e. The van der Waals surface area contributed by atoms with Gasteiger partial charge in [-0.15, -0.1) is 13.2 Å². The largest absolute Gasteiger partial charge is 0.573 e. The number of nitrogens with one attached hydrogen (secondary N) is 1. The predicted octanol–water partition coefficient (Wildman–Crippen LogP) is 2.97. The number of benzene rings is 1. The molecule has 6 heteroatoms. The average Bonchev–Trinajstić information content (AvgIpc) is 2.12. The van der Waals surface area contributed by atoms with Gasteiger partial charge in [0.05, 0.1) is 0 Å². The van der Waals surface area contributed by atoms with Gasteiger partial charge in [-0.05, 0) is 12.1 Å². The van der Waals surface area contributed by atoms with Crippen molar-refractivity contribution in [3.05, 3.63) is 24.3 Å². The van der Waals surface area contributed by atoms with Crippen molar-refractivity contribution in [2.24, 2.45) is 0 Å². The van der Waals surface area contributed by atoms with Crippen LogP contribution in [0.3, 0.4) is 0 Å². The van der Waals surface area contributed by atoms with Crippen LogP contribution in [-0.4, -0.2) is 19.6 Å². The highest BCUT2D eigenvalue weighted by Gasteiger charge is 2.31. The van der Waals surface area contributed by atoms with Gasteiger partial charge < -0.3 is 10.1 Å². The van der Waals surface area contributed by atoms with Gasteiger partial charge in [-0.3, -0.25) is 0 Å². The maximum atomic E-state index is 11.8. The summed E-state index contributed by atoms with van der Waals surface area (Å²) >= 11 is 0. The molecule has 0 radical (unpaired) electrons. The van der Waals surface area contributed by atoms with Crippen LogP contribution in [0, 0.1) is 0 Å². The second kappa shape index (κ2) is 4.86. The summed E-state index contributed by atoms with van der Waals surface area (Å²) in [4.78, 5) is 0. The number of anilines is 1. The van der Waals surface area contributed by atoms with Gasteiger partial charge in [0.2, 0.25) is 0 Å². The quantitative estimate of drug-likeness (QED) is 0.792. The molecule has 0 heterocycles. The Labute approximate surface area is 83.9 Å². The van der Waals surface area contributed by atoms with Gasteiger partial charge in [-0.25, -0.2) is 4.39 Å². The lowest BCUT2D eigenvalue weighted by Gasteiger charge is -2.10. The Bertz CT molecular complexity index is 313. The third-order valence-corrected chi connectivity index (χ3v) is 1.49. The van der Waals surface area contributed by atoms with Gasteiger partial charge in [0, 0.05) is 18.3 Å². The van der Waals surface area contributed by atoms with Crippen LogP contribution in [0.5, 0.6) is 5.75 Å². The molecule has 0 fully saturated rings. The van der Waals surface area contributed by atoms with Gasteiger partial charge >= 0.3 is 6.36 Å². The highest BCUT2D eigenvalue weighted by Crippen LogP contribution is 2.24. The van der Waals surface area contributed by atoms with E-state index >= 15 is 0 Å². The highest BCUT2D eigenvalue weighted by molar-refractivity contribution is 5.48. The van der Waals surface area contributed by atoms with Gasteiger partial charge in [0.15, 0.2) is 0 Å². The van der Waals surface area contributed by atoms with Gasteiger partial charge in [0.1, 0.15) is 12.4 Å². The minimum absolute atomic E-state index is 0.0511. The zero-order valence-corrected chi connectivity index (χ0v) is 7.64. The van der Waals surface area contributed by atoms with E-state index in [-0.39, 0.29) is 12.3 Å². The van der Waals surface area contributed by atoms with Crippen LogP contribution >= 0.6 is 0 Å². The average molecular weight is 223 g/mol. The molecule has 0 amide bonds. The van der Waals surface area contributed by atoms with E-state index in [2.05, 4.69) is 10.1 Å². The molecule has 0 atom stereocenters. The highest BCUT2D eigenvalue weighted by atomic mass is 19.4. The van der Waals surface area contributed by atoms with E-state index < -0.39 is 13.0 Å². The number of hydrogen-bond acceptors (Lipinski definition) is 2. The summed E-state index contributed by atoms with van der Waals surface area (Å²) < 4.78 is 50.9. The Balaban J connectivity index is 2.66. The van der Waals surface area contributed by atoms with Crippen molar-refractivity contribution in [2.45, 2.75) is 6.36 Å². The molecule has 84 valence electrons. The molecule has 1 N–H and O–H groups in total. The minimum atomic E-state index is -4.71. The van der Waals surface area contributed by atoms with Crippen LogP contribution < -0.4 is 10.1 Å². The maximum absolute atomic E-state index is 11.8. The third-order valence-electron chi connectivity index (χ3n) is 1.49. The summed E-state index contributed by atoms with van der Waals surface area (Å²) in [5, 5.41) is 2.60. The van der Waals surface area contributed by atoms with E-state index in [1.54, 1.807) is 0 Å². The third kappa shape index (κ3) is 4.53. The first-order valence-electron chi connectivity index (χ1n) is 4.17. The molecule has 0 saturated heterocycles. The van der Waals surface area contributed by atoms with Crippen LogP contribution in [0.4, 0.5) is 23.2 Å². The second-order valence-electron chi connectivity index (χ2n) is 2.69. The molecule has 0 unspecified atom stereocenters. The van der Waals surface area contributed by atoms with Crippen LogP contribution in [-0.2, 0) is 0 Å².